The van der Waals surface area contributed by atoms with Crippen molar-refractivity contribution in [2.75, 3.05) is 0 Å². The van der Waals surface area contributed by atoms with Crippen molar-refractivity contribution in [3.63, 3.8) is 0 Å². The van der Waals surface area contributed by atoms with Crippen LogP contribution in [0.5, 0.6) is 0 Å². The predicted molar refractivity (Wildman–Crippen MR) is 74.0 cm³/mol. The van der Waals surface area contributed by atoms with E-state index >= 15 is 0 Å². The third-order valence-corrected chi connectivity index (χ3v) is 3.86. The molecule has 0 aliphatic heterocycles. The molecule has 1 fully saturated rings. The van der Waals surface area contributed by atoms with Gasteiger partial charge in [-0.1, -0.05) is 18.9 Å². The predicted octanol–water partition coefficient (Wildman–Crippen LogP) is 2.20. The van der Waals surface area contributed by atoms with Crippen LogP contribution in [-0.4, -0.2) is 28.1 Å². The van der Waals surface area contributed by atoms with Gasteiger partial charge in [0.05, 0.1) is 12.1 Å². The lowest BCUT2D eigenvalue weighted by Gasteiger charge is -2.28. The number of aliphatic hydroxyl groups is 1. The van der Waals surface area contributed by atoms with Crippen LogP contribution < -0.4 is 5.32 Å². The fourth-order valence-corrected chi connectivity index (χ4v) is 2.72. The van der Waals surface area contributed by atoms with Crippen LogP contribution in [0.1, 0.15) is 36.0 Å². The molecule has 1 aromatic heterocycles. The van der Waals surface area contributed by atoms with E-state index in [0.29, 0.717) is 5.56 Å². The topological polar surface area (TPSA) is 65.1 Å². The van der Waals surface area contributed by atoms with Gasteiger partial charge in [0.2, 0.25) is 0 Å². The normalized spacial score (nSPS) is 23.4. The highest BCUT2D eigenvalue weighted by Gasteiger charge is 2.24. The SMILES string of the molecule is O=C(NC1CCCCC1O)c1ccc2cc[nH]c2c1. The van der Waals surface area contributed by atoms with Gasteiger partial charge in [0.25, 0.3) is 5.91 Å². The highest BCUT2D eigenvalue weighted by Crippen LogP contribution is 2.19. The first kappa shape index (κ1) is 12.2. The zero-order valence-corrected chi connectivity index (χ0v) is 10.7. The van der Waals surface area contributed by atoms with Crippen molar-refractivity contribution in [1.29, 1.82) is 0 Å². The van der Waals surface area contributed by atoms with Gasteiger partial charge >= 0.3 is 0 Å². The Morgan fingerprint density at radius 2 is 2.11 bits per heavy atom. The Hall–Kier alpha value is -1.81. The van der Waals surface area contributed by atoms with Gasteiger partial charge in [0, 0.05) is 17.3 Å². The van der Waals surface area contributed by atoms with Crippen LogP contribution in [0.25, 0.3) is 10.9 Å². The Bertz CT molecular complexity index is 591. The number of nitrogens with one attached hydrogen (secondary N) is 2. The van der Waals surface area contributed by atoms with Crippen molar-refractivity contribution in [3.8, 4) is 0 Å². The van der Waals surface area contributed by atoms with E-state index in [1.165, 1.54) is 0 Å². The molecule has 1 amide bonds. The van der Waals surface area contributed by atoms with Crippen LogP contribution in [0, 0.1) is 0 Å². The molecule has 0 radical (unpaired) electrons. The molecule has 0 bridgehead atoms. The summed E-state index contributed by atoms with van der Waals surface area (Å²) in [4.78, 5) is 15.3. The molecule has 4 heteroatoms. The Kier molecular flexibility index (Phi) is 3.25. The second kappa shape index (κ2) is 5.05. The molecule has 100 valence electrons. The number of hydrogen-bond acceptors (Lipinski definition) is 2. The number of rotatable bonds is 2. The summed E-state index contributed by atoms with van der Waals surface area (Å²) < 4.78 is 0. The maximum atomic E-state index is 12.2. The highest BCUT2D eigenvalue weighted by atomic mass is 16.3. The molecule has 0 spiro atoms. The molecule has 0 saturated heterocycles. The molecular weight excluding hydrogens is 240 g/mol. The first-order valence-corrected chi connectivity index (χ1v) is 6.80. The summed E-state index contributed by atoms with van der Waals surface area (Å²) >= 11 is 0. The number of hydrogen-bond donors (Lipinski definition) is 3. The first-order chi connectivity index (χ1) is 9.24. The van der Waals surface area contributed by atoms with Crippen molar-refractivity contribution >= 4 is 16.8 Å². The summed E-state index contributed by atoms with van der Waals surface area (Å²) in [7, 11) is 0. The summed E-state index contributed by atoms with van der Waals surface area (Å²) in [5, 5.41) is 13.9. The number of aromatic amines is 1. The van der Waals surface area contributed by atoms with Gasteiger partial charge < -0.3 is 15.4 Å². The molecule has 1 aliphatic rings. The smallest absolute Gasteiger partial charge is 0.251 e. The monoisotopic (exact) mass is 258 g/mol. The zero-order valence-electron chi connectivity index (χ0n) is 10.7. The molecule has 2 unspecified atom stereocenters. The summed E-state index contributed by atoms with van der Waals surface area (Å²) in [5.74, 6) is -0.109. The lowest BCUT2D eigenvalue weighted by molar-refractivity contribution is 0.0717. The summed E-state index contributed by atoms with van der Waals surface area (Å²) in [6.45, 7) is 0. The molecule has 2 aromatic rings. The largest absolute Gasteiger partial charge is 0.391 e. The molecule has 1 aliphatic carbocycles. The summed E-state index contributed by atoms with van der Waals surface area (Å²) in [5.41, 5.74) is 1.59. The maximum absolute atomic E-state index is 12.2. The van der Waals surface area contributed by atoms with Gasteiger partial charge in [0.15, 0.2) is 0 Å². The summed E-state index contributed by atoms with van der Waals surface area (Å²) in [6, 6.07) is 7.46. The minimum absolute atomic E-state index is 0.109. The number of benzene rings is 1. The average molecular weight is 258 g/mol. The third kappa shape index (κ3) is 2.49. The molecular formula is C15H18N2O2. The lowest BCUT2D eigenvalue weighted by Crippen LogP contribution is -2.45. The minimum atomic E-state index is -0.410. The Morgan fingerprint density at radius 1 is 1.26 bits per heavy atom. The van der Waals surface area contributed by atoms with Crippen LogP contribution in [0.4, 0.5) is 0 Å². The van der Waals surface area contributed by atoms with Gasteiger partial charge in [-0.25, -0.2) is 0 Å². The molecule has 3 N–H and O–H groups in total. The zero-order chi connectivity index (χ0) is 13.2. The van der Waals surface area contributed by atoms with E-state index in [-0.39, 0.29) is 11.9 Å². The number of carbonyl (C=O) groups is 1. The van der Waals surface area contributed by atoms with E-state index < -0.39 is 6.10 Å². The number of amides is 1. The fourth-order valence-electron chi connectivity index (χ4n) is 2.72. The number of fused-ring (bicyclic) bond motifs is 1. The second-order valence-corrected chi connectivity index (χ2v) is 5.21. The first-order valence-electron chi connectivity index (χ1n) is 6.80. The van der Waals surface area contributed by atoms with E-state index in [1.807, 2.05) is 30.5 Å². The second-order valence-electron chi connectivity index (χ2n) is 5.21. The van der Waals surface area contributed by atoms with Gasteiger partial charge in [-0.2, -0.15) is 0 Å². The Balaban J connectivity index is 1.75. The molecule has 1 aromatic carbocycles. The molecule has 3 rings (SSSR count). The van der Waals surface area contributed by atoms with Gasteiger partial charge in [-0.3, -0.25) is 4.79 Å². The van der Waals surface area contributed by atoms with E-state index in [9.17, 15) is 9.90 Å². The minimum Gasteiger partial charge on any atom is -0.391 e. The van der Waals surface area contributed by atoms with Crippen molar-refractivity contribution < 1.29 is 9.90 Å². The molecule has 19 heavy (non-hydrogen) atoms. The number of aromatic nitrogens is 1. The number of carbonyl (C=O) groups excluding carboxylic acids is 1. The fraction of sp³-hybridized carbons (Fsp3) is 0.400. The van der Waals surface area contributed by atoms with E-state index in [0.717, 1.165) is 36.6 Å². The van der Waals surface area contributed by atoms with Crippen LogP contribution in [0.3, 0.4) is 0 Å². The van der Waals surface area contributed by atoms with Gasteiger partial charge in [0.1, 0.15) is 0 Å². The quantitative estimate of drug-likeness (QED) is 0.773. The number of H-pyrrole nitrogens is 1. The Labute approximate surface area is 111 Å². The average Bonchev–Trinajstić information content (AvgIpc) is 2.88. The molecule has 1 heterocycles. The van der Waals surface area contributed by atoms with Crippen LogP contribution in [0.2, 0.25) is 0 Å². The van der Waals surface area contributed by atoms with Gasteiger partial charge in [-0.15, -0.1) is 0 Å². The number of aliphatic hydroxyl groups excluding tert-OH is 1. The van der Waals surface area contributed by atoms with Crippen molar-refractivity contribution in [2.45, 2.75) is 37.8 Å². The van der Waals surface area contributed by atoms with Gasteiger partial charge in [-0.05, 0) is 36.4 Å². The Morgan fingerprint density at radius 3 is 2.95 bits per heavy atom. The van der Waals surface area contributed by atoms with Crippen molar-refractivity contribution in [1.82, 2.24) is 10.3 Å². The third-order valence-electron chi connectivity index (χ3n) is 3.86. The van der Waals surface area contributed by atoms with Crippen LogP contribution in [-0.2, 0) is 0 Å². The standard InChI is InChI=1S/C15H18N2O2/c18-14-4-2-1-3-12(14)17-15(19)11-6-5-10-7-8-16-13(10)9-11/h5-9,12,14,16,18H,1-4H2,(H,17,19). The van der Waals surface area contributed by atoms with E-state index in [1.54, 1.807) is 0 Å². The van der Waals surface area contributed by atoms with Crippen molar-refractivity contribution in [2.24, 2.45) is 0 Å². The van der Waals surface area contributed by atoms with Crippen LogP contribution >= 0.6 is 0 Å². The maximum Gasteiger partial charge on any atom is 0.251 e. The molecule has 2 atom stereocenters. The van der Waals surface area contributed by atoms with Crippen LogP contribution in [0.15, 0.2) is 30.5 Å². The van der Waals surface area contributed by atoms with E-state index in [4.69, 9.17) is 0 Å². The van der Waals surface area contributed by atoms with Crippen molar-refractivity contribution in [3.05, 3.63) is 36.0 Å². The van der Waals surface area contributed by atoms with E-state index in [2.05, 4.69) is 10.3 Å². The highest BCUT2D eigenvalue weighted by molar-refractivity contribution is 5.98. The summed E-state index contributed by atoms with van der Waals surface area (Å²) in [6.07, 6.45) is 5.20. The molecule has 1 saturated carbocycles. The molecule has 4 nitrogen and oxygen atoms in total. The lowest BCUT2D eigenvalue weighted by atomic mass is 9.92.